The topological polar surface area (TPSA) is 89.3 Å². The lowest BCUT2D eigenvalue weighted by Gasteiger charge is -2.10. The van der Waals surface area contributed by atoms with Crippen molar-refractivity contribution >= 4 is 11.6 Å². The van der Waals surface area contributed by atoms with E-state index < -0.39 is 0 Å². The van der Waals surface area contributed by atoms with E-state index in [1.54, 1.807) is 12.3 Å². The Morgan fingerprint density at radius 3 is 2.75 bits per heavy atom. The molecule has 4 N–H and O–H groups in total. The molecule has 2 heterocycles. The van der Waals surface area contributed by atoms with Gasteiger partial charge in [0.25, 0.3) is 5.91 Å². The lowest BCUT2D eigenvalue weighted by atomic mass is 10.1. The van der Waals surface area contributed by atoms with Gasteiger partial charge in [-0.05, 0) is 49.6 Å². The summed E-state index contributed by atoms with van der Waals surface area (Å²) in [5.74, 6) is -0.156. The maximum absolute atomic E-state index is 12.2. The van der Waals surface area contributed by atoms with Crippen LogP contribution in [0.3, 0.4) is 0 Å². The molecule has 1 aliphatic heterocycles. The Bertz CT molecular complexity index is 685. The fourth-order valence-corrected chi connectivity index (χ4v) is 2.62. The molecule has 6 nitrogen and oxygen atoms in total. The van der Waals surface area contributed by atoms with Crippen LogP contribution in [0.2, 0.25) is 0 Å². The predicted octanol–water partition coefficient (Wildman–Crippen LogP) is 1.81. The fourth-order valence-electron chi connectivity index (χ4n) is 2.62. The lowest BCUT2D eigenvalue weighted by Crippen LogP contribution is -2.36. The minimum absolute atomic E-state index is 0.156. The Morgan fingerprint density at radius 1 is 1.33 bits per heavy atom. The predicted molar refractivity (Wildman–Crippen MR) is 92.5 cm³/mol. The number of benzene rings is 1. The zero-order valence-electron chi connectivity index (χ0n) is 13.7. The molecule has 2 aromatic rings. The number of carbonyl (C=O) groups is 1. The molecule has 126 valence electrons. The lowest BCUT2D eigenvalue weighted by molar-refractivity contribution is 0.102. The van der Waals surface area contributed by atoms with Crippen LogP contribution in [0, 0.1) is 6.92 Å². The first kappa shape index (κ1) is 16.6. The van der Waals surface area contributed by atoms with Gasteiger partial charge in [0.15, 0.2) is 6.35 Å². The first-order valence-electron chi connectivity index (χ1n) is 8.06. The number of aryl methyl sites for hydroxylation is 2. The first-order valence-corrected chi connectivity index (χ1v) is 8.06. The highest BCUT2D eigenvalue weighted by Gasteiger charge is 2.20. The van der Waals surface area contributed by atoms with E-state index in [9.17, 15) is 4.79 Å². The van der Waals surface area contributed by atoms with Gasteiger partial charge in [0.1, 0.15) is 0 Å². The highest BCUT2D eigenvalue weighted by atomic mass is 16.5. The third-order valence-electron chi connectivity index (χ3n) is 4.04. The Hall–Kier alpha value is -2.28. The second kappa shape index (κ2) is 7.53. The number of carbonyl (C=O) groups excluding carboxylic acids is 1. The van der Waals surface area contributed by atoms with Gasteiger partial charge in [-0.3, -0.25) is 20.8 Å². The van der Waals surface area contributed by atoms with E-state index >= 15 is 0 Å². The summed E-state index contributed by atoms with van der Waals surface area (Å²) in [6.07, 6.45) is 3.14. The quantitative estimate of drug-likeness (QED) is 0.780. The Morgan fingerprint density at radius 2 is 2.12 bits per heavy atom. The van der Waals surface area contributed by atoms with Crippen molar-refractivity contribution in [2.45, 2.75) is 32.2 Å². The van der Waals surface area contributed by atoms with Crippen LogP contribution in [0.1, 0.15) is 28.0 Å². The van der Waals surface area contributed by atoms with Crippen LogP contribution in [-0.4, -0.2) is 29.9 Å². The molecule has 0 spiro atoms. The summed E-state index contributed by atoms with van der Waals surface area (Å²) in [7, 11) is 0. The number of aromatic nitrogens is 1. The van der Waals surface area contributed by atoms with Gasteiger partial charge in [0, 0.05) is 23.6 Å². The normalized spacial score (nSPS) is 20.1. The monoisotopic (exact) mass is 326 g/mol. The maximum Gasteiger partial charge on any atom is 0.257 e. The fraction of sp³-hybridized carbons (Fsp3) is 0.333. The van der Waals surface area contributed by atoms with Crippen LogP contribution in [0.5, 0.6) is 0 Å². The molecule has 0 bridgehead atoms. The highest BCUT2D eigenvalue weighted by Crippen LogP contribution is 2.14. The molecule has 1 aliphatic rings. The molecule has 24 heavy (non-hydrogen) atoms. The summed E-state index contributed by atoms with van der Waals surface area (Å²) < 4.78 is 5.28. The smallest absolute Gasteiger partial charge is 0.257 e. The Balaban J connectivity index is 1.52. The molecule has 6 heteroatoms. The first-order chi connectivity index (χ1) is 11.6. The molecule has 0 saturated carbocycles. The van der Waals surface area contributed by atoms with Gasteiger partial charge in [-0.15, -0.1) is 0 Å². The van der Waals surface area contributed by atoms with Gasteiger partial charge in [-0.25, -0.2) is 0 Å². The van der Waals surface area contributed by atoms with Crippen LogP contribution >= 0.6 is 0 Å². The highest BCUT2D eigenvalue weighted by molar-refractivity contribution is 6.04. The number of rotatable bonds is 5. The van der Waals surface area contributed by atoms with Crippen molar-refractivity contribution in [2.75, 3.05) is 11.9 Å². The number of amides is 1. The van der Waals surface area contributed by atoms with Gasteiger partial charge in [-0.1, -0.05) is 12.1 Å². The number of nitrogens with two attached hydrogens (primary N) is 1. The molecular weight excluding hydrogens is 304 g/mol. The van der Waals surface area contributed by atoms with Crippen LogP contribution < -0.4 is 16.4 Å². The molecule has 1 fully saturated rings. The van der Waals surface area contributed by atoms with Crippen LogP contribution in [-0.2, 0) is 11.2 Å². The minimum atomic E-state index is -0.344. The summed E-state index contributed by atoms with van der Waals surface area (Å²) in [6.45, 7) is 2.54. The molecule has 3 rings (SSSR count). The molecule has 1 saturated heterocycles. The zero-order valence-corrected chi connectivity index (χ0v) is 13.7. The number of nitrogens with zero attached hydrogens (tertiary/aromatic N) is 1. The third-order valence-corrected chi connectivity index (χ3v) is 4.04. The molecule has 0 radical (unpaired) electrons. The molecule has 2 atom stereocenters. The summed E-state index contributed by atoms with van der Waals surface area (Å²) in [4.78, 5) is 16.3. The zero-order chi connectivity index (χ0) is 16.9. The summed E-state index contributed by atoms with van der Waals surface area (Å²) in [5.41, 5.74) is 9.06. The van der Waals surface area contributed by atoms with E-state index in [-0.39, 0.29) is 12.3 Å². The van der Waals surface area contributed by atoms with Crippen LogP contribution in [0.25, 0.3) is 0 Å². The van der Waals surface area contributed by atoms with E-state index in [0.29, 0.717) is 18.2 Å². The number of pyridine rings is 1. The SMILES string of the molecule is Cc1ccc(C(=O)Nc2ccc(CCC3COC(N)N3)cc2)cn1. The van der Waals surface area contributed by atoms with Crippen LogP contribution in [0.15, 0.2) is 42.6 Å². The molecule has 2 unspecified atom stereocenters. The van der Waals surface area contributed by atoms with E-state index in [1.165, 1.54) is 5.56 Å². The Labute approximate surface area is 141 Å². The van der Waals surface area contributed by atoms with Gasteiger partial charge in [-0.2, -0.15) is 0 Å². The molecule has 1 aromatic carbocycles. The van der Waals surface area contributed by atoms with Crippen LogP contribution in [0.4, 0.5) is 5.69 Å². The number of anilines is 1. The van der Waals surface area contributed by atoms with E-state index in [2.05, 4.69) is 15.6 Å². The van der Waals surface area contributed by atoms with Gasteiger partial charge < -0.3 is 10.1 Å². The summed E-state index contributed by atoms with van der Waals surface area (Å²) >= 11 is 0. The second-order valence-electron chi connectivity index (χ2n) is 6.00. The van der Waals surface area contributed by atoms with Crippen molar-refractivity contribution in [3.05, 3.63) is 59.4 Å². The molecule has 0 aliphatic carbocycles. The second-order valence-corrected chi connectivity index (χ2v) is 6.00. The summed E-state index contributed by atoms with van der Waals surface area (Å²) in [5, 5.41) is 6.06. The van der Waals surface area contributed by atoms with Crippen molar-refractivity contribution in [3.63, 3.8) is 0 Å². The maximum atomic E-state index is 12.2. The number of nitrogens with one attached hydrogen (secondary N) is 2. The van der Waals surface area contributed by atoms with E-state index in [1.807, 2.05) is 37.3 Å². The van der Waals surface area contributed by atoms with E-state index in [0.717, 1.165) is 24.2 Å². The number of hydrogen-bond acceptors (Lipinski definition) is 5. The van der Waals surface area contributed by atoms with Crippen molar-refractivity contribution in [3.8, 4) is 0 Å². The number of hydrogen-bond donors (Lipinski definition) is 3. The Kier molecular flexibility index (Phi) is 5.20. The third kappa shape index (κ3) is 4.38. The van der Waals surface area contributed by atoms with Crippen molar-refractivity contribution in [1.82, 2.24) is 10.3 Å². The standard InChI is InChI=1S/C18H22N4O2/c1-12-2-6-14(10-20-12)17(23)21-15-7-3-13(4-8-15)5-9-16-11-24-18(19)22-16/h2-4,6-8,10,16,18,22H,5,9,11,19H2,1H3,(H,21,23). The molecule has 1 amide bonds. The summed E-state index contributed by atoms with van der Waals surface area (Å²) in [6, 6.07) is 11.8. The minimum Gasteiger partial charge on any atom is -0.349 e. The van der Waals surface area contributed by atoms with E-state index in [4.69, 9.17) is 10.5 Å². The van der Waals surface area contributed by atoms with Gasteiger partial charge >= 0.3 is 0 Å². The van der Waals surface area contributed by atoms with Gasteiger partial charge in [0.2, 0.25) is 0 Å². The number of ether oxygens (including phenoxy) is 1. The average Bonchev–Trinajstić information content (AvgIpc) is 3.00. The molecular formula is C18H22N4O2. The average molecular weight is 326 g/mol. The largest absolute Gasteiger partial charge is 0.349 e. The van der Waals surface area contributed by atoms with Crippen molar-refractivity contribution in [1.29, 1.82) is 0 Å². The van der Waals surface area contributed by atoms with Crippen molar-refractivity contribution in [2.24, 2.45) is 5.73 Å². The van der Waals surface area contributed by atoms with Crippen molar-refractivity contribution < 1.29 is 9.53 Å². The molecule has 1 aromatic heterocycles. The van der Waals surface area contributed by atoms with Gasteiger partial charge in [0.05, 0.1) is 12.2 Å².